The molecule has 5 aromatic carbocycles. The third-order valence-corrected chi connectivity index (χ3v) is 11.3. The van der Waals surface area contributed by atoms with Crippen LogP contribution in [0.3, 0.4) is 0 Å². The van der Waals surface area contributed by atoms with Crippen LogP contribution in [0.4, 0.5) is 22.7 Å². The molecule has 5 rings (SSSR count). The first-order chi connectivity index (χ1) is 28.4. The molecular formula is C54H66N4. The van der Waals surface area contributed by atoms with Gasteiger partial charge >= 0.3 is 0 Å². The van der Waals surface area contributed by atoms with Gasteiger partial charge in [-0.05, 0) is 148 Å². The molecule has 0 aliphatic carbocycles. The van der Waals surface area contributed by atoms with Gasteiger partial charge in [0.25, 0.3) is 0 Å². The number of rotatable bonds is 20. The highest BCUT2D eigenvalue weighted by Crippen LogP contribution is 2.30. The molecule has 0 aliphatic rings. The molecule has 0 saturated heterocycles. The van der Waals surface area contributed by atoms with E-state index >= 15 is 0 Å². The van der Waals surface area contributed by atoms with Gasteiger partial charge in [0.2, 0.25) is 0 Å². The van der Waals surface area contributed by atoms with Crippen molar-refractivity contribution in [1.82, 2.24) is 0 Å². The first-order valence-corrected chi connectivity index (χ1v) is 21.7. The molecule has 302 valence electrons. The lowest BCUT2D eigenvalue weighted by atomic mass is 9.96. The van der Waals surface area contributed by atoms with Gasteiger partial charge in [-0.3, -0.25) is 0 Å². The Balaban J connectivity index is 1.39. The average Bonchev–Trinajstić information content (AvgIpc) is 3.27. The SMILES string of the molecule is CCN(CC)c1ccc(C(=CC=Cc2ccc(C=CC=C(c3ccc(N(CC)CC)cc3)c3ccc(N(CC)CC)cc3)cc2)c2ccc(N(CC)CC)cc2)cc1. The summed E-state index contributed by atoms with van der Waals surface area (Å²) in [5.41, 5.74) is 14.6. The molecule has 0 N–H and O–H groups in total. The second kappa shape index (κ2) is 22.3. The van der Waals surface area contributed by atoms with Crippen LogP contribution in [0.5, 0.6) is 0 Å². The van der Waals surface area contributed by atoms with Gasteiger partial charge in [-0.1, -0.05) is 109 Å². The van der Waals surface area contributed by atoms with Crippen LogP contribution in [0.25, 0.3) is 23.3 Å². The fourth-order valence-corrected chi connectivity index (χ4v) is 7.71. The van der Waals surface area contributed by atoms with Crippen LogP contribution in [0.15, 0.2) is 146 Å². The normalized spacial score (nSPS) is 11.2. The van der Waals surface area contributed by atoms with Crippen molar-refractivity contribution in [2.75, 3.05) is 72.0 Å². The van der Waals surface area contributed by atoms with E-state index in [2.05, 4.69) is 233 Å². The molecule has 0 unspecified atom stereocenters. The van der Waals surface area contributed by atoms with E-state index < -0.39 is 0 Å². The largest absolute Gasteiger partial charge is 0.372 e. The Bertz CT molecular complexity index is 1800. The van der Waals surface area contributed by atoms with Crippen LogP contribution in [-0.2, 0) is 0 Å². The zero-order valence-corrected chi connectivity index (χ0v) is 36.5. The standard InChI is InChI=1S/C54H66N4/c1-9-55(10-2)49-35-27-45(28-36-49)53(46-29-37-50(38-30-46)56(11-3)12-4)21-17-19-43-23-25-44(26-24-43)20-18-22-54(47-31-39-51(40-32-47)57(13-5)14-6)48-33-41-52(42-34-48)58(15-7)16-8/h17-42H,9-16H2,1-8H3. The number of nitrogens with zero attached hydrogens (tertiary/aromatic N) is 4. The van der Waals surface area contributed by atoms with E-state index in [4.69, 9.17) is 0 Å². The molecular weight excluding hydrogens is 705 g/mol. The molecule has 0 bridgehead atoms. The van der Waals surface area contributed by atoms with Gasteiger partial charge in [0.05, 0.1) is 0 Å². The van der Waals surface area contributed by atoms with Gasteiger partial charge in [0, 0.05) is 75.1 Å². The van der Waals surface area contributed by atoms with Crippen LogP contribution >= 0.6 is 0 Å². The van der Waals surface area contributed by atoms with Gasteiger partial charge in [0.1, 0.15) is 0 Å². The number of allylic oxidation sites excluding steroid dienone is 4. The summed E-state index contributed by atoms with van der Waals surface area (Å²) < 4.78 is 0. The lowest BCUT2D eigenvalue weighted by Gasteiger charge is -2.22. The number of benzene rings is 5. The summed E-state index contributed by atoms with van der Waals surface area (Å²) in [4.78, 5) is 9.55. The van der Waals surface area contributed by atoms with Crippen molar-refractivity contribution in [3.05, 3.63) is 179 Å². The Morgan fingerprint density at radius 2 is 0.517 bits per heavy atom. The molecule has 0 radical (unpaired) electrons. The third-order valence-electron chi connectivity index (χ3n) is 11.3. The molecule has 4 heteroatoms. The Morgan fingerprint density at radius 3 is 0.707 bits per heavy atom. The van der Waals surface area contributed by atoms with Crippen LogP contribution in [0.2, 0.25) is 0 Å². The number of hydrogen-bond acceptors (Lipinski definition) is 4. The van der Waals surface area contributed by atoms with Crippen molar-refractivity contribution in [3.63, 3.8) is 0 Å². The first-order valence-electron chi connectivity index (χ1n) is 21.7. The molecule has 0 fully saturated rings. The summed E-state index contributed by atoms with van der Waals surface area (Å²) in [6, 6.07) is 44.9. The van der Waals surface area contributed by atoms with Crippen LogP contribution in [0, 0.1) is 0 Å². The lowest BCUT2D eigenvalue weighted by Crippen LogP contribution is -2.21. The number of anilines is 4. The smallest absolute Gasteiger partial charge is 0.0366 e. The van der Waals surface area contributed by atoms with Gasteiger partial charge in [-0.25, -0.2) is 0 Å². The third kappa shape index (κ3) is 11.2. The second-order valence-corrected chi connectivity index (χ2v) is 14.4. The van der Waals surface area contributed by atoms with Crippen molar-refractivity contribution >= 4 is 46.0 Å². The van der Waals surface area contributed by atoms with E-state index in [1.54, 1.807) is 0 Å². The molecule has 0 saturated carbocycles. The first kappa shape index (κ1) is 43.4. The molecule has 0 heterocycles. The van der Waals surface area contributed by atoms with E-state index in [1.807, 2.05) is 0 Å². The van der Waals surface area contributed by atoms with Crippen molar-refractivity contribution in [2.45, 2.75) is 55.4 Å². The fourth-order valence-electron chi connectivity index (χ4n) is 7.71. The van der Waals surface area contributed by atoms with E-state index in [0.29, 0.717) is 0 Å². The summed E-state index contributed by atoms with van der Waals surface area (Å²) >= 11 is 0. The molecule has 5 aromatic rings. The molecule has 0 spiro atoms. The molecule has 0 aliphatic heterocycles. The maximum atomic E-state index is 2.39. The van der Waals surface area contributed by atoms with Gasteiger partial charge < -0.3 is 19.6 Å². The van der Waals surface area contributed by atoms with Crippen molar-refractivity contribution in [1.29, 1.82) is 0 Å². The second-order valence-electron chi connectivity index (χ2n) is 14.4. The highest BCUT2D eigenvalue weighted by atomic mass is 15.1. The Labute approximate surface area is 351 Å². The monoisotopic (exact) mass is 771 g/mol. The minimum Gasteiger partial charge on any atom is -0.372 e. The minimum atomic E-state index is 0.998. The van der Waals surface area contributed by atoms with E-state index in [-0.39, 0.29) is 0 Å². The van der Waals surface area contributed by atoms with Gasteiger partial charge in [-0.15, -0.1) is 0 Å². The highest BCUT2D eigenvalue weighted by molar-refractivity contribution is 5.84. The zero-order chi connectivity index (χ0) is 41.3. The summed E-state index contributed by atoms with van der Waals surface area (Å²) in [6.45, 7) is 25.7. The van der Waals surface area contributed by atoms with Crippen molar-refractivity contribution < 1.29 is 0 Å². The lowest BCUT2D eigenvalue weighted by molar-refractivity contribution is 0.866. The maximum Gasteiger partial charge on any atom is 0.0366 e. The summed E-state index contributed by atoms with van der Waals surface area (Å²) in [5, 5.41) is 0. The quantitative estimate of drug-likeness (QED) is 0.0731. The maximum absolute atomic E-state index is 2.39. The molecule has 0 amide bonds. The molecule has 4 nitrogen and oxygen atoms in total. The summed E-state index contributed by atoms with van der Waals surface area (Å²) in [7, 11) is 0. The Morgan fingerprint density at radius 1 is 0.310 bits per heavy atom. The molecule has 0 aromatic heterocycles. The minimum absolute atomic E-state index is 0.998. The van der Waals surface area contributed by atoms with E-state index in [0.717, 1.165) is 52.4 Å². The molecule has 58 heavy (non-hydrogen) atoms. The van der Waals surface area contributed by atoms with Crippen LogP contribution in [0.1, 0.15) is 88.8 Å². The predicted octanol–water partition coefficient (Wildman–Crippen LogP) is 13.4. The van der Waals surface area contributed by atoms with Crippen LogP contribution < -0.4 is 19.6 Å². The van der Waals surface area contributed by atoms with E-state index in [1.165, 1.54) is 67.3 Å². The van der Waals surface area contributed by atoms with Crippen molar-refractivity contribution in [2.24, 2.45) is 0 Å². The Hall–Kier alpha value is -5.74. The highest BCUT2D eigenvalue weighted by Gasteiger charge is 2.11. The summed E-state index contributed by atoms with van der Waals surface area (Å²) in [6.07, 6.45) is 13.3. The molecule has 0 atom stereocenters. The van der Waals surface area contributed by atoms with Crippen molar-refractivity contribution in [3.8, 4) is 0 Å². The van der Waals surface area contributed by atoms with Gasteiger partial charge in [-0.2, -0.15) is 0 Å². The summed E-state index contributed by atoms with van der Waals surface area (Å²) in [5.74, 6) is 0. The average molecular weight is 771 g/mol. The predicted molar refractivity (Wildman–Crippen MR) is 259 cm³/mol. The van der Waals surface area contributed by atoms with Crippen LogP contribution in [-0.4, -0.2) is 52.4 Å². The number of hydrogen-bond donors (Lipinski definition) is 0. The Kier molecular flexibility index (Phi) is 16.7. The fraction of sp³-hybridized carbons (Fsp3) is 0.296. The van der Waals surface area contributed by atoms with E-state index in [9.17, 15) is 0 Å². The topological polar surface area (TPSA) is 13.0 Å². The van der Waals surface area contributed by atoms with Gasteiger partial charge in [0.15, 0.2) is 0 Å². The zero-order valence-electron chi connectivity index (χ0n) is 36.5.